The average molecular weight is 355 g/mol. The topological polar surface area (TPSA) is 54.0 Å². The fourth-order valence-electron chi connectivity index (χ4n) is 3.01. The minimum absolute atomic E-state index is 0.0221. The smallest absolute Gasteiger partial charge is 0.317 e. The van der Waals surface area contributed by atoms with Crippen LogP contribution in [0.5, 0.6) is 11.5 Å². The van der Waals surface area contributed by atoms with Crippen LogP contribution in [0.15, 0.2) is 48.5 Å². The number of piperazine rings is 1. The first-order valence-corrected chi connectivity index (χ1v) is 8.74. The number of amides is 2. The fourth-order valence-corrected chi connectivity index (χ4v) is 3.01. The van der Waals surface area contributed by atoms with Crippen molar-refractivity contribution in [3.63, 3.8) is 0 Å². The number of nitrogens with zero attached hydrogens (tertiary/aromatic N) is 2. The molecule has 2 amide bonds. The molecule has 6 nitrogen and oxygen atoms in total. The molecule has 2 aromatic rings. The molecule has 1 fully saturated rings. The van der Waals surface area contributed by atoms with Crippen molar-refractivity contribution in [2.45, 2.75) is 6.54 Å². The van der Waals surface area contributed by atoms with Gasteiger partial charge in [0.1, 0.15) is 11.5 Å². The van der Waals surface area contributed by atoms with Gasteiger partial charge in [-0.3, -0.25) is 0 Å². The van der Waals surface area contributed by atoms with Crippen LogP contribution in [0.3, 0.4) is 0 Å². The van der Waals surface area contributed by atoms with E-state index in [4.69, 9.17) is 9.47 Å². The van der Waals surface area contributed by atoms with Gasteiger partial charge in [0.15, 0.2) is 0 Å². The number of urea groups is 1. The first kappa shape index (κ1) is 17.9. The third-order valence-corrected chi connectivity index (χ3v) is 4.59. The maximum absolute atomic E-state index is 12.4. The van der Waals surface area contributed by atoms with E-state index in [9.17, 15) is 4.79 Å². The number of carbonyl (C=O) groups is 1. The third kappa shape index (κ3) is 4.39. The molecule has 1 N–H and O–H groups in total. The average Bonchev–Trinajstić information content (AvgIpc) is 2.72. The van der Waals surface area contributed by atoms with Crippen molar-refractivity contribution in [3.05, 3.63) is 54.1 Å². The molecule has 0 bridgehead atoms. The van der Waals surface area contributed by atoms with Gasteiger partial charge in [-0.25, -0.2) is 4.79 Å². The molecule has 0 unspecified atom stereocenters. The minimum Gasteiger partial charge on any atom is -0.497 e. The fraction of sp³-hybridized carbons (Fsp3) is 0.350. The third-order valence-electron chi connectivity index (χ3n) is 4.59. The Kier molecular flexibility index (Phi) is 5.84. The van der Waals surface area contributed by atoms with Crippen LogP contribution < -0.4 is 19.7 Å². The summed E-state index contributed by atoms with van der Waals surface area (Å²) < 4.78 is 10.4. The zero-order valence-corrected chi connectivity index (χ0v) is 15.3. The highest BCUT2D eigenvalue weighted by Gasteiger charge is 2.21. The monoisotopic (exact) mass is 355 g/mol. The van der Waals surface area contributed by atoms with Crippen LogP contribution >= 0.6 is 0 Å². The van der Waals surface area contributed by atoms with E-state index in [1.165, 1.54) is 0 Å². The number of nitrogens with one attached hydrogen (secondary N) is 1. The van der Waals surface area contributed by atoms with Crippen LogP contribution in [0.1, 0.15) is 5.56 Å². The lowest BCUT2D eigenvalue weighted by Crippen LogP contribution is -2.51. The van der Waals surface area contributed by atoms with Gasteiger partial charge in [-0.1, -0.05) is 18.2 Å². The van der Waals surface area contributed by atoms with Gasteiger partial charge in [0.25, 0.3) is 0 Å². The predicted molar refractivity (Wildman–Crippen MR) is 102 cm³/mol. The van der Waals surface area contributed by atoms with E-state index in [1.54, 1.807) is 14.2 Å². The van der Waals surface area contributed by atoms with Gasteiger partial charge < -0.3 is 24.6 Å². The summed E-state index contributed by atoms with van der Waals surface area (Å²) in [5.74, 6) is 1.66. The highest BCUT2D eigenvalue weighted by Crippen LogP contribution is 2.22. The quantitative estimate of drug-likeness (QED) is 0.896. The highest BCUT2D eigenvalue weighted by atomic mass is 16.5. The molecule has 1 aliphatic rings. The molecule has 1 aliphatic heterocycles. The lowest BCUT2D eigenvalue weighted by molar-refractivity contribution is 0.194. The van der Waals surface area contributed by atoms with Gasteiger partial charge in [0, 0.05) is 44.5 Å². The Morgan fingerprint density at radius 2 is 1.65 bits per heavy atom. The highest BCUT2D eigenvalue weighted by molar-refractivity contribution is 5.74. The minimum atomic E-state index is -0.0221. The van der Waals surface area contributed by atoms with Crippen LogP contribution in [0.2, 0.25) is 0 Å². The number of methoxy groups -OCH3 is 2. The molecule has 3 rings (SSSR count). The van der Waals surface area contributed by atoms with E-state index in [1.807, 2.05) is 47.4 Å². The SMILES string of the molecule is COc1ccc(CNC(=O)N2CCN(c3cccc(OC)c3)CC2)cc1. The summed E-state index contributed by atoms with van der Waals surface area (Å²) in [6, 6.07) is 15.7. The Morgan fingerprint density at radius 3 is 2.31 bits per heavy atom. The van der Waals surface area contributed by atoms with Crippen molar-refractivity contribution in [2.75, 3.05) is 45.3 Å². The Morgan fingerprint density at radius 1 is 0.962 bits per heavy atom. The molecule has 0 aliphatic carbocycles. The molecule has 6 heteroatoms. The number of benzene rings is 2. The number of ether oxygens (including phenoxy) is 2. The first-order valence-electron chi connectivity index (χ1n) is 8.74. The van der Waals surface area contributed by atoms with Crippen molar-refractivity contribution in [1.29, 1.82) is 0 Å². The van der Waals surface area contributed by atoms with Crippen LogP contribution in [0.25, 0.3) is 0 Å². The van der Waals surface area contributed by atoms with Gasteiger partial charge in [0.05, 0.1) is 14.2 Å². The summed E-state index contributed by atoms with van der Waals surface area (Å²) in [7, 11) is 3.31. The van der Waals surface area contributed by atoms with Crippen molar-refractivity contribution in [2.24, 2.45) is 0 Å². The normalized spacial score (nSPS) is 14.1. The molecule has 1 saturated heterocycles. The second-order valence-corrected chi connectivity index (χ2v) is 6.18. The Hall–Kier alpha value is -2.89. The summed E-state index contributed by atoms with van der Waals surface area (Å²) in [6.07, 6.45) is 0. The van der Waals surface area contributed by atoms with Crippen molar-refractivity contribution in [3.8, 4) is 11.5 Å². The second-order valence-electron chi connectivity index (χ2n) is 6.18. The lowest BCUT2D eigenvalue weighted by Gasteiger charge is -2.36. The summed E-state index contributed by atoms with van der Waals surface area (Å²) in [5.41, 5.74) is 2.18. The van der Waals surface area contributed by atoms with Gasteiger partial charge in [-0.15, -0.1) is 0 Å². The predicted octanol–water partition coefficient (Wildman–Crippen LogP) is 2.74. The zero-order chi connectivity index (χ0) is 18.4. The van der Waals surface area contributed by atoms with E-state index >= 15 is 0 Å². The molecule has 2 aromatic carbocycles. The molecule has 26 heavy (non-hydrogen) atoms. The largest absolute Gasteiger partial charge is 0.497 e. The molecular formula is C20H25N3O3. The number of hydrogen-bond donors (Lipinski definition) is 1. The molecule has 0 spiro atoms. The molecule has 138 valence electrons. The van der Waals surface area contributed by atoms with Crippen LogP contribution in [0.4, 0.5) is 10.5 Å². The Balaban J connectivity index is 1.48. The van der Waals surface area contributed by atoms with Crippen LogP contribution in [0, 0.1) is 0 Å². The first-order chi connectivity index (χ1) is 12.7. The summed E-state index contributed by atoms with van der Waals surface area (Å²) in [6.45, 7) is 3.53. The molecule has 0 saturated carbocycles. The van der Waals surface area contributed by atoms with Crippen LogP contribution in [-0.4, -0.2) is 51.3 Å². The maximum Gasteiger partial charge on any atom is 0.317 e. The van der Waals surface area contributed by atoms with Crippen molar-refractivity contribution >= 4 is 11.7 Å². The number of rotatable bonds is 5. The number of anilines is 1. The summed E-state index contributed by atoms with van der Waals surface area (Å²) in [4.78, 5) is 16.5. The standard InChI is InChI=1S/C20H25N3O3/c1-25-18-8-6-16(7-9-18)15-21-20(24)23-12-10-22(11-13-23)17-4-3-5-19(14-17)26-2/h3-9,14H,10-13,15H2,1-2H3,(H,21,24). The molecular weight excluding hydrogens is 330 g/mol. The molecule has 0 aromatic heterocycles. The van der Waals surface area contributed by atoms with E-state index in [0.717, 1.165) is 35.8 Å². The number of hydrogen-bond acceptors (Lipinski definition) is 4. The van der Waals surface area contributed by atoms with E-state index in [0.29, 0.717) is 19.6 Å². The molecule has 1 heterocycles. The van der Waals surface area contributed by atoms with Crippen molar-refractivity contribution < 1.29 is 14.3 Å². The van der Waals surface area contributed by atoms with E-state index < -0.39 is 0 Å². The van der Waals surface area contributed by atoms with Gasteiger partial charge >= 0.3 is 6.03 Å². The van der Waals surface area contributed by atoms with Gasteiger partial charge in [-0.05, 0) is 29.8 Å². The molecule has 0 atom stereocenters. The zero-order valence-electron chi connectivity index (χ0n) is 15.3. The van der Waals surface area contributed by atoms with E-state index in [-0.39, 0.29) is 6.03 Å². The second kappa shape index (κ2) is 8.47. The van der Waals surface area contributed by atoms with Crippen LogP contribution in [-0.2, 0) is 6.54 Å². The van der Waals surface area contributed by atoms with Gasteiger partial charge in [0.2, 0.25) is 0 Å². The molecule has 0 radical (unpaired) electrons. The maximum atomic E-state index is 12.4. The summed E-state index contributed by atoms with van der Waals surface area (Å²) >= 11 is 0. The Labute approximate surface area is 154 Å². The summed E-state index contributed by atoms with van der Waals surface area (Å²) in [5, 5.41) is 2.99. The number of carbonyl (C=O) groups excluding carboxylic acids is 1. The Bertz CT molecular complexity index is 725. The van der Waals surface area contributed by atoms with E-state index in [2.05, 4.69) is 16.3 Å². The van der Waals surface area contributed by atoms with Gasteiger partial charge in [-0.2, -0.15) is 0 Å². The lowest BCUT2D eigenvalue weighted by atomic mass is 10.2. The van der Waals surface area contributed by atoms with Crippen molar-refractivity contribution in [1.82, 2.24) is 10.2 Å².